The van der Waals surface area contributed by atoms with Crippen LogP contribution in [-0.4, -0.2) is 29.1 Å². The number of nitrogens with one attached hydrogen (secondary N) is 1. The Kier molecular flexibility index (Phi) is 6.21. The van der Waals surface area contributed by atoms with Crippen LogP contribution in [0.4, 0.5) is 0 Å². The van der Waals surface area contributed by atoms with Crippen LogP contribution in [0, 0.1) is 5.92 Å². The minimum Gasteiger partial charge on any atom is -0.312 e. The monoisotopic (exact) mass is 305 g/mol. The molecule has 124 valence electrons. The van der Waals surface area contributed by atoms with E-state index in [2.05, 4.69) is 48.5 Å². The lowest BCUT2D eigenvalue weighted by Crippen LogP contribution is -2.38. The van der Waals surface area contributed by atoms with Gasteiger partial charge in [-0.2, -0.15) is 0 Å². The minimum atomic E-state index is 0.209. The van der Waals surface area contributed by atoms with Gasteiger partial charge in [0, 0.05) is 43.9 Å². The van der Waals surface area contributed by atoms with Crippen LogP contribution in [0.5, 0.6) is 0 Å². The van der Waals surface area contributed by atoms with Crippen molar-refractivity contribution in [3.05, 3.63) is 33.2 Å². The highest BCUT2D eigenvalue weighted by atomic mass is 16.1. The second kappa shape index (κ2) is 7.93. The average Bonchev–Trinajstić information content (AvgIpc) is 2.50. The van der Waals surface area contributed by atoms with Gasteiger partial charge in [-0.05, 0) is 37.1 Å². The summed E-state index contributed by atoms with van der Waals surface area (Å²) in [4.78, 5) is 15.3. The number of fused-ring (bicyclic) bond motifs is 1. The van der Waals surface area contributed by atoms with Crippen LogP contribution < -0.4 is 10.9 Å². The Labute approximate surface area is 134 Å². The molecule has 0 atom stereocenters. The number of nitrogens with zero attached hydrogens (tertiary/aromatic N) is 2. The molecule has 2 rings (SSSR count). The Morgan fingerprint density at radius 3 is 2.73 bits per heavy atom. The molecule has 0 aromatic carbocycles. The Morgan fingerprint density at radius 2 is 2.09 bits per heavy atom. The van der Waals surface area contributed by atoms with Gasteiger partial charge in [0.25, 0.3) is 5.56 Å². The zero-order valence-electron chi connectivity index (χ0n) is 14.6. The van der Waals surface area contributed by atoms with Crippen molar-refractivity contribution in [2.45, 2.75) is 60.2 Å². The Balaban J connectivity index is 2.37. The summed E-state index contributed by atoms with van der Waals surface area (Å²) < 4.78 is 2.05. The van der Waals surface area contributed by atoms with E-state index in [1.807, 2.05) is 0 Å². The molecule has 0 spiro atoms. The molecule has 2 heterocycles. The summed E-state index contributed by atoms with van der Waals surface area (Å²) in [5.41, 5.74) is 3.75. The molecular formula is C18H31N3O. The average molecular weight is 305 g/mol. The maximum Gasteiger partial charge on any atom is 0.255 e. The van der Waals surface area contributed by atoms with Crippen LogP contribution in [-0.2, 0) is 26.1 Å². The minimum absolute atomic E-state index is 0.209. The maximum absolute atomic E-state index is 12.8. The maximum atomic E-state index is 12.8. The molecule has 0 saturated carbocycles. The molecule has 4 nitrogen and oxygen atoms in total. The van der Waals surface area contributed by atoms with Gasteiger partial charge < -0.3 is 9.88 Å². The van der Waals surface area contributed by atoms with E-state index in [1.165, 1.54) is 11.3 Å². The largest absolute Gasteiger partial charge is 0.312 e. The standard InChI is InChI=1S/C18H31N3O/c1-5-8-19-11-15-10-16-13-20(6-2)9-7-17(16)21(18(15)22)12-14(3)4/h10,14,19H,5-9,11-13H2,1-4H3. The zero-order chi connectivity index (χ0) is 16.1. The fraction of sp³-hybridized carbons (Fsp3) is 0.722. The third-order valence-electron chi connectivity index (χ3n) is 4.36. The van der Waals surface area contributed by atoms with Crippen molar-refractivity contribution in [3.63, 3.8) is 0 Å². The van der Waals surface area contributed by atoms with Crippen molar-refractivity contribution in [2.75, 3.05) is 19.6 Å². The molecule has 1 aromatic rings. The van der Waals surface area contributed by atoms with E-state index in [1.54, 1.807) is 0 Å². The van der Waals surface area contributed by atoms with Crippen LogP contribution in [0.2, 0.25) is 0 Å². The Bertz CT molecular complexity index is 548. The molecule has 0 radical (unpaired) electrons. The summed E-state index contributed by atoms with van der Waals surface area (Å²) in [6.45, 7) is 14.3. The van der Waals surface area contributed by atoms with E-state index in [0.717, 1.165) is 51.1 Å². The summed E-state index contributed by atoms with van der Waals surface area (Å²) in [6, 6.07) is 2.15. The van der Waals surface area contributed by atoms with E-state index >= 15 is 0 Å². The fourth-order valence-electron chi connectivity index (χ4n) is 3.20. The van der Waals surface area contributed by atoms with E-state index in [4.69, 9.17) is 0 Å². The molecule has 1 aliphatic rings. The van der Waals surface area contributed by atoms with Crippen molar-refractivity contribution in [1.29, 1.82) is 0 Å². The van der Waals surface area contributed by atoms with E-state index in [0.29, 0.717) is 12.5 Å². The molecule has 0 amide bonds. The van der Waals surface area contributed by atoms with Gasteiger partial charge in [0.05, 0.1) is 0 Å². The quantitative estimate of drug-likeness (QED) is 0.786. The van der Waals surface area contributed by atoms with Gasteiger partial charge in [-0.25, -0.2) is 0 Å². The number of aromatic nitrogens is 1. The first-order valence-electron chi connectivity index (χ1n) is 8.74. The number of likely N-dealkylation sites (N-methyl/N-ethyl adjacent to an activating group) is 1. The topological polar surface area (TPSA) is 37.3 Å². The second-order valence-corrected chi connectivity index (χ2v) is 6.75. The van der Waals surface area contributed by atoms with Crippen molar-refractivity contribution >= 4 is 0 Å². The van der Waals surface area contributed by atoms with Gasteiger partial charge in [-0.3, -0.25) is 9.69 Å². The number of rotatable bonds is 7. The lowest BCUT2D eigenvalue weighted by molar-refractivity contribution is 0.260. The van der Waals surface area contributed by atoms with Crippen molar-refractivity contribution < 1.29 is 0 Å². The Hall–Kier alpha value is -1.13. The normalized spacial score (nSPS) is 15.3. The van der Waals surface area contributed by atoms with Crippen molar-refractivity contribution in [2.24, 2.45) is 5.92 Å². The van der Waals surface area contributed by atoms with Gasteiger partial charge >= 0.3 is 0 Å². The molecule has 0 bridgehead atoms. The molecule has 0 saturated heterocycles. The molecule has 1 aromatic heterocycles. The molecular weight excluding hydrogens is 274 g/mol. The summed E-state index contributed by atoms with van der Waals surface area (Å²) in [7, 11) is 0. The summed E-state index contributed by atoms with van der Waals surface area (Å²) in [5.74, 6) is 0.491. The smallest absolute Gasteiger partial charge is 0.255 e. The third kappa shape index (κ3) is 3.99. The predicted octanol–water partition coefficient (Wildman–Crippen LogP) is 2.38. The van der Waals surface area contributed by atoms with Crippen molar-refractivity contribution in [1.82, 2.24) is 14.8 Å². The lowest BCUT2D eigenvalue weighted by Gasteiger charge is -2.30. The predicted molar refractivity (Wildman–Crippen MR) is 92.2 cm³/mol. The van der Waals surface area contributed by atoms with Gasteiger partial charge in [-0.1, -0.05) is 27.7 Å². The zero-order valence-corrected chi connectivity index (χ0v) is 14.6. The Morgan fingerprint density at radius 1 is 1.32 bits per heavy atom. The second-order valence-electron chi connectivity index (χ2n) is 6.75. The highest BCUT2D eigenvalue weighted by Crippen LogP contribution is 2.19. The highest BCUT2D eigenvalue weighted by Gasteiger charge is 2.21. The van der Waals surface area contributed by atoms with Crippen molar-refractivity contribution in [3.8, 4) is 0 Å². The summed E-state index contributed by atoms with van der Waals surface area (Å²) >= 11 is 0. The van der Waals surface area contributed by atoms with E-state index < -0.39 is 0 Å². The van der Waals surface area contributed by atoms with Gasteiger partial charge in [0.1, 0.15) is 0 Å². The van der Waals surface area contributed by atoms with E-state index in [-0.39, 0.29) is 5.56 Å². The first-order chi connectivity index (χ1) is 10.6. The molecule has 0 fully saturated rings. The van der Waals surface area contributed by atoms with Gasteiger partial charge in [0.15, 0.2) is 0 Å². The molecule has 4 heteroatoms. The van der Waals surface area contributed by atoms with Gasteiger partial charge in [0.2, 0.25) is 0 Å². The van der Waals surface area contributed by atoms with Crippen LogP contribution >= 0.6 is 0 Å². The van der Waals surface area contributed by atoms with Crippen LogP contribution in [0.3, 0.4) is 0 Å². The molecule has 1 aliphatic heterocycles. The van der Waals surface area contributed by atoms with Crippen LogP contribution in [0.1, 0.15) is 50.9 Å². The number of pyridine rings is 1. The summed E-state index contributed by atoms with van der Waals surface area (Å²) in [6.07, 6.45) is 2.09. The first-order valence-corrected chi connectivity index (χ1v) is 8.74. The fourth-order valence-corrected chi connectivity index (χ4v) is 3.20. The highest BCUT2D eigenvalue weighted by molar-refractivity contribution is 5.29. The molecule has 0 unspecified atom stereocenters. The third-order valence-corrected chi connectivity index (χ3v) is 4.36. The van der Waals surface area contributed by atoms with E-state index in [9.17, 15) is 4.79 Å². The summed E-state index contributed by atoms with van der Waals surface area (Å²) in [5, 5.41) is 3.38. The molecule has 22 heavy (non-hydrogen) atoms. The van der Waals surface area contributed by atoms with Crippen LogP contribution in [0.15, 0.2) is 10.9 Å². The van der Waals surface area contributed by atoms with Gasteiger partial charge in [-0.15, -0.1) is 0 Å². The molecule has 0 aliphatic carbocycles. The van der Waals surface area contributed by atoms with Crippen LogP contribution in [0.25, 0.3) is 0 Å². The SMILES string of the molecule is CCCNCc1cc2c(n(CC(C)C)c1=O)CCN(CC)C2. The number of hydrogen-bond donors (Lipinski definition) is 1. The first kappa shape index (κ1) is 17.2. The lowest BCUT2D eigenvalue weighted by atomic mass is 10.0. The molecule has 1 N–H and O–H groups in total. The number of hydrogen-bond acceptors (Lipinski definition) is 3.